The van der Waals surface area contributed by atoms with E-state index in [1.165, 1.54) is 25.3 Å². The number of hydrogen-bond acceptors (Lipinski definition) is 7. The standard InChI is InChI=1S/C31H36N4O5/c1-38-27-8-5-9-28(39-2)29(27)31(37)33-24-10-11-26(35-14-12-22-6-3-4-7-23(22)21-35)25(20-24)30(36)32-13-15-34-16-18-40-19-17-34/h3-11,20H,12-19,21H2,1-2H3,(H,32,36)(H,33,37). The number of amides is 2. The summed E-state index contributed by atoms with van der Waals surface area (Å²) in [7, 11) is 3.02. The van der Waals surface area contributed by atoms with Gasteiger partial charge in [0.1, 0.15) is 17.1 Å². The van der Waals surface area contributed by atoms with Crippen LogP contribution in [0.25, 0.3) is 0 Å². The average Bonchev–Trinajstić information content (AvgIpc) is 3.00. The average molecular weight is 545 g/mol. The molecule has 210 valence electrons. The quantitative estimate of drug-likeness (QED) is 0.426. The van der Waals surface area contributed by atoms with E-state index in [0.29, 0.717) is 54.6 Å². The molecular weight excluding hydrogens is 508 g/mol. The van der Waals surface area contributed by atoms with Gasteiger partial charge >= 0.3 is 0 Å². The van der Waals surface area contributed by atoms with Crippen LogP contribution in [0.2, 0.25) is 0 Å². The number of ether oxygens (including phenoxy) is 3. The zero-order chi connectivity index (χ0) is 27.9. The largest absolute Gasteiger partial charge is 0.496 e. The molecule has 1 saturated heterocycles. The molecule has 9 nitrogen and oxygen atoms in total. The molecule has 0 saturated carbocycles. The third-order valence-corrected chi connectivity index (χ3v) is 7.44. The molecule has 3 aromatic rings. The monoisotopic (exact) mass is 544 g/mol. The van der Waals surface area contributed by atoms with Gasteiger partial charge in [0.15, 0.2) is 0 Å². The first-order valence-electron chi connectivity index (χ1n) is 13.6. The van der Waals surface area contributed by atoms with Gasteiger partial charge in [-0.05, 0) is 47.9 Å². The SMILES string of the molecule is COc1cccc(OC)c1C(=O)Nc1ccc(N2CCc3ccccc3C2)c(C(=O)NCCN2CCOCC2)c1. The molecule has 40 heavy (non-hydrogen) atoms. The first-order valence-corrected chi connectivity index (χ1v) is 13.6. The number of fused-ring (bicyclic) bond motifs is 1. The third-order valence-electron chi connectivity index (χ3n) is 7.44. The van der Waals surface area contributed by atoms with Gasteiger partial charge in [-0.1, -0.05) is 30.3 Å². The maximum Gasteiger partial charge on any atom is 0.263 e. The maximum atomic E-state index is 13.6. The van der Waals surface area contributed by atoms with E-state index in [1.54, 1.807) is 24.3 Å². The fourth-order valence-corrected chi connectivity index (χ4v) is 5.29. The summed E-state index contributed by atoms with van der Waals surface area (Å²) in [5.41, 5.74) is 4.76. The lowest BCUT2D eigenvalue weighted by Gasteiger charge is -2.32. The number of carbonyl (C=O) groups excluding carboxylic acids is 2. The van der Waals surface area contributed by atoms with Crippen molar-refractivity contribution in [2.75, 3.05) is 70.4 Å². The smallest absolute Gasteiger partial charge is 0.263 e. The molecule has 2 aliphatic rings. The summed E-state index contributed by atoms with van der Waals surface area (Å²) < 4.78 is 16.2. The lowest BCUT2D eigenvalue weighted by Crippen LogP contribution is -2.41. The van der Waals surface area contributed by atoms with Crippen molar-refractivity contribution in [2.24, 2.45) is 0 Å². The van der Waals surface area contributed by atoms with E-state index in [0.717, 1.165) is 38.3 Å². The second-order valence-electron chi connectivity index (χ2n) is 9.87. The van der Waals surface area contributed by atoms with Crippen molar-refractivity contribution in [2.45, 2.75) is 13.0 Å². The molecule has 2 heterocycles. The number of anilines is 2. The Balaban J connectivity index is 1.39. The fourth-order valence-electron chi connectivity index (χ4n) is 5.29. The van der Waals surface area contributed by atoms with Gasteiger partial charge < -0.3 is 29.7 Å². The number of rotatable bonds is 9. The van der Waals surface area contributed by atoms with E-state index in [1.807, 2.05) is 18.2 Å². The number of nitrogens with one attached hydrogen (secondary N) is 2. The number of hydrogen-bond donors (Lipinski definition) is 2. The topological polar surface area (TPSA) is 92.4 Å². The molecule has 0 spiro atoms. The molecule has 1 fully saturated rings. The van der Waals surface area contributed by atoms with Crippen molar-refractivity contribution >= 4 is 23.2 Å². The van der Waals surface area contributed by atoms with Gasteiger partial charge in [0.2, 0.25) is 0 Å². The Labute approximate surface area is 235 Å². The summed E-state index contributed by atoms with van der Waals surface area (Å²) in [6, 6.07) is 19.1. The highest BCUT2D eigenvalue weighted by molar-refractivity contribution is 6.09. The Hall–Kier alpha value is -4.08. The molecule has 9 heteroatoms. The van der Waals surface area contributed by atoms with Crippen LogP contribution in [-0.2, 0) is 17.7 Å². The first-order chi connectivity index (χ1) is 19.6. The zero-order valence-electron chi connectivity index (χ0n) is 23.1. The van der Waals surface area contributed by atoms with Crippen LogP contribution in [0.1, 0.15) is 31.8 Å². The molecule has 0 radical (unpaired) electrons. The number of morpholine rings is 1. The molecule has 0 bridgehead atoms. The number of carbonyl (C=O) groups is 2. The van der Waals surface area contributed by atoms with E-state index in [9.17, 15) is 9.59 Å². The molecule has 0 atom stereocenters. The second-order valence-corrected chi connectivity index (χ2v) is 9.87. The van der Waals surface area contributed by atoms with Crippen LogP contribution in [0, 0.1) is 0 Å². The van der Waals surface area contributed by atoms with Crippen molar-refractivity contribution in [3.8, 4) is 11.5 Å². The zero-order valence-corrected chi connectivity index (χ0v) is 23.1. The first kappa shape index (κ1) is 27.5. The summed E-state index contributed by atoms with van der Waals surface area (Å²) in [6.07, 6.45) is 0.903. The van der Waals surface area contributed by atoms with E-state index < -0.39 is 0 Å². The van der Waals surface area contributed by atoms with E-state index in [-0.39, 0.29) is 11.8 Å². The Bertz CT molecular complexity index is 1330. The van der Waals surface area contributed by atoms with Gasteiger partial charge in [-0.3, -0.25) is 14.5 Å². The van der Waals surface area contributed by atoms with Gasteiger partial charge in [0.05, 0.1) is 33.0 Å². The molecular formula is C31H36N4O5. The van der Waals surface area contributed by atoms with Crippen LogP contribution in [0.4, 0.5) is 11.4 Å². The summed E-state index contributed by atoms with van der Waals surface area (Å²) in [5.74, 6) is 0.253. The predicted octanol–water partition coefficient (Wildman–Crippen LogP) is 3.58. The van der Waals surface area contributed by atoms with Crippen molar-refractivity contribution in [3.63, 3.8) is 0 Å². The Kier molecular flexibility index (Phi) is 8.83. The predicted molar refractivity (Wildman–Crippen MR) is 155 cm³/mol. The van der Waals surface area contributed by atoms with Crippen LogP contribution >= 0.6 is 0 Å². The summed E-state index contributed by atoms with van der Waals surface area (Å²) in [4.78, 5) is 31.4. The van der Waals surface area contributed by atoms with E-state index in [4.69, 9.17) is 14.2 Å². The molecule has 5 rings (SSSR count). The van der Waals surface area contributed by atoms with Gasteiger partial charge in [-0.25, -0.2) is 0 Å². The van der Waals surface area contributed by atoms with Crippen molar-refractivity contribution in [1.82, 2.24) is 10.2 Å². The number of benzene rings is 3. The highest BCUT2D eigenvalue weighted by Crippen LogP contribution is 2.32. The van der Waals surface area contributed by atoms with E-state index in [2.05, 4.69) is 38.6 Å². The highest BCUT2D eigenvalue weighted by atomic mass is 16.5. The van der Waals surface area contributed by atoms with Crippen molar-refractivity contribution < 1.29 is 23.8 Å². The van der Waals surface area contributed by atoms with Crippen LogP contribution in [0.15, 0.2) is 60.7 Å². The molecule has 3 aromatic carbocycles. The van der Waals surface area contributed by atoms with Crippen LogP contribution in [-0.4, -0.2) is 76.9 Å². The van der Waals surface area contributed by atoms with Crippen molar-refractivity contribution in [3.05, 3.63) is 82.9 Å². The minimum absolute atomic E-state index is 0.173. The molecule has 2 N–H and O–H groups in total. The molecule has 0 unspecified atom stereocenters. The molecule has 0 aromatic heterocycles. The summed E-state index contributed by atoms with van der Waals surface area (Å²) in [5, 5.41) is 6.03. The van der Waals surface area contributed by atoms with Crippen LogP contribution in [0.5, 0.6) is 11.5 Å². The Morgan fingerprint density at radius 3 is 2.33 bits per heavy atom. The minimum atomic E-state index is -0.382. The van der Waals surface area contributed by atoms with Crippen LogP contribution in [0.3, 0.4) is 0 Å². The summed E-state index contributed by atoms with van der Waals surface area (Å²) in [6.45, 7) is 5.95. The normalized spacial score (nSPS) is 15.2. The highest BCUT2D eigenvalue weighted by Gasteiger charge is 2.24. The molecule has 2 aliphatic heterocycles. The van der Waals surface area contributed by atoms with Gasteiger partial charge in [-0.15, -0.1) is 0 Å². The lowest BCUT2D eigenvalue weighted by molar-refractivity contribution is 0.0383. The minimum Gasteiger partial charge on any atom is -0.496 e. The number of nitrogens with zero attached hydrogens (tertiary/aromatic N) is 2. The van der Waals surface area contributed by atoms with Gasteiger partial charge in [0, 0.05) is 50.6 Å². The van der Waals surface area contributed by atoms with Crippen molar-refractivity contribution in [1.29, 1.82) is 0 Å². The Morgan fingerprint density at radius 1 is 0.875 bits per heavy atom. The summed E-state index contributed by atoms with van der Waals surface area (Å²) >= 11 is 0. The maximum absolute atomic E-state index is 13.6. The molecule has 0 aliphatic carbocycles. The third kappa shape index (κ3) is 6.21. The fraction of sp³-hybridized carbons (Fsp3) is 0.355. The van der Waals surface area contributed by atoms with Crippen LogP contribution < -0.4 is 25.0 Å². The second kappa shape index (κ2) is 12.8. The lowest BCUT2D eigenvalue weighted by atomic mass is 9.98. The van der Waals surface area contributed by atoms with Gasteiger partial charge in [-0.2, -0.15) is 0 Å². The van der Waals surface area contributed by atoms with Gasteiger partial charge in [0.25, 0.3) is 11.8 Å². The number of methoxy groups -OCH3 is 2. The van der Waals surface area contributed by atoms with E-state index >= 15 is 0 Å². The molecule has 2 amide bonds. The Morgan fingerprint density at radius 2 is 1.60 bits per heavy atom.